The molecule has 0 unspecified atom stereocenters. The molecule has 0 spiro atoms. The van der Waals surface area contributed by atoms with E-state index in [1.54, 1.807) is 0 Å². The molecule has 6 rings (SSSR count). The van der Waals surface area contributed by atoms with Gasteiger partial charge in [0, 0.05) is 10.5 Å². The van der Waals surface area contributed by atoms with Crippen LogP contribution in [-0.2, 0) is 0 Å². The Balaban J connectivity index is 1.43. The molecule has 0 aliphatic rings. The summed E-state index contributed by atoms with van der Waals surface area (Å²) < 4.78 is 0. The SMILES string of the molecule is CC[C@@H](SS[C@H](CC)c1c(-c2ccccc2)cccc1-c1ccccc1)c1c(-c2ccccc2)cccc1-c1ccccc1. The number of rotatable bonds is 11. The van der Waals surface area contributed by atoms with E-state index in [-0.39, 0.29) is 0 Å². The highest BCUT2D eigenvalue weighted by Gasteiger charge is 2.25. The Labute approximate surface area is 271 Å². The van der Waals surface area contributed by atoms with Crippen LogP contribution in [0.3, 0.4) is 0 Å². The minimum atomic E-state index is 0.324. The van der Waals surface area contributed by atoms with Crippen LogP contribution in [0.25, 0.3) is 44.5 Å². The lowest BCUT2D eigenvalue weighted by molar-refractivity contribution is 0.897. The first kappa shape index (κ1) is 30.1. The van der Waals surface area contributed by atoms with E-state index in [1.807, 2.05) is 21.6 Å². The Morgan fingerprint density at radius 2 is 0.591 bits per heavy atom. The molecule has 0 N–H and O–H groups in total. The molecular weight excluding hydrogens is 569 g/mol. The van der Waals surface area contributed by atoms with Gasteiger partial charge in [-0.2, -0.15) is 0 Å². The predicted octanol–water partition coefficient (Wildman–Crippen LogP) is 13.3. The summed E-state index contributed by atoms with van der Waals surface area (Å²) in [5.74, 6) is 0. The quantitative estimate of drug-likeness (QED) is 0.135. The molecule has 2 heteroatoms. The van der Waals surface area contributed by atoms with Gasteiger partial charge in [-0.15, -0.1) is 0 Å². The summed E-state index contributed by atoms with van der Waals surface area (Å²) in [6, 6.07) is 57.2. The van der Waals surface area contributed by atoms with Crippen molar-refractivity contribution in [3.63, 3.8) is 0 Å². The standard InChI is InChI=1S/C42H38S2/c1-3-39(41-35(31-19-9-5-10-20-31)27-17-28-36(41)32-21-11-6-12-22-32)43-44-40(4-2)42-37(33-23-13-7-14-24-33)29-18-30-38(42)34-25-15-8-16-26-34/h5-30,39-40H,3-4H2,1-2H3/t39-,40-/m1/s1. The lowest BCUT2D eigenvalue weighted by Gasteiger charge is -2.27. The maximum atomic E-state index is 2.34. The second kappa shape index (κ2) is 14.7. The van der Waals surface area contributed by atoms with Gasteiger partial charge < -0.3 is 0 Å². The van der Waals surface area contributed by atoms with Crippen LogP contribution in [0.4, 0.5) is 0 Å². The van der Waals surface area contributed by atoms with Crippen LogP contribution in [-0.4, -0.2) is 0 Å². The van der Waals surface area contributed by atoms with Crippen molar-refractivity contribution in [3.8, 4) is 44.5 Å². The Morgan fingerprint density at radius 1 is 0.341 bits per heavy atom. The van der Waals surface area contributed by atoms with Gasteiger partial charge in [0.05, 0.1) is 0 Å². The van der Waals surface area contributed by atoms with Crippen molar-refractivity contribution in [2.24, 2.45) is 0 Å². The topological polar surface area (TPSA) is 0 Å². The van der Waals surface area contributed by atoms with Crippen molar-refractivity contribution < 1.29 is 0 Å². The van der Waals surface area contributed by atoms with E-state index >= 15 is 0 Å². The minimum absolute atomic E-state index is 0.324. The van der Waals surface area contributed by atoms with E-state index in [1.165, 1.54) is 55.6 Å². The van der Waals surface area contributed by atoms with Gasteiger partial charge in [0.2, 0.25) is 0 Å². The largest absolute Gasteiger partial charge is 0.0852 e. The molecule has 0 heterocycles. The average molecular weight is 607 g/mol. The van der Waals surface area contributed by atoms with E-state index in [2.05, 4.69) is 172 Å². The second-order valence-corrected chi connectivity index (χ2v) is 13.7. The van der Waals surface area contributed by atoms with Gasteiger partial charge in [-0.1, -0.05) is 193 Å². The zero-order valence-corrected chi connectivity index (χ0v) is 27.0. The van der Waals surface area contributed by atoms with E-state index in [9.17, 15) is 0 Å². The van der Waals surface area contributed by atoms with Crippen molar-refractivity contribution >= 4 is 21.6 Å². The molecule has 0 aliphatic heterocycles. The first-order valence-corrected chi connectivity index (χ1v) is 17.9. The van der Waals surface area contributed by atoms with Gasteiger partial charge in [-0.3, -0.25) is 0 Å². The van der Waals surface area contributed by atoms with Crippen LogP contribution in [0.1, 0.15) is 48.3 Å². The van der Waals surface area contributed by atoms with Crippen LogP contribution >= 0.6 is 21.6 Å². The summed E-state index contributed by atoms with van der Waals surface area (Å²) in [5.41, 5.74) is 13.3. The molecule has 218 valence electrons. The summed E-state index contributed by atoms with van der Waals surface area (Å²) in [4.78, 5) is 0. The van der Waals surface area contributed by atoms with Gasteiger partial charge >= 0.3 is 0 Å². The second-order valence-electron chi connectivity index (χ2n) is 11.0. The van der Waals surface area contributed by atoms with Crippen LogP contribution in [0.2, 0.25) is 0 Å². The Hall–Kier alpha value is -3.98. The molecule has 2 atom stereocenters. The minimum Gasteiger partial charge on any atom is -0.0852 e. The lowest BCUT2D eigenvalue weighted by Crippen LogP contribution is -2.02. The molecule has 0 saturated heterocycles. The molecule has 6 aromatic rings. The number of benzene rings is 6. The molecule has 0 saturated carbocycles. The first-order valence-electron chi connectivity index (χ1n) is 15.6. The van der Waals surface area contributed by atoms with Gasteiger partial charge in [-0.05, 0) is 68.5 Å². The van der Waals surface area contributed by atoms with Crippen molar-refractivity contribution in [1.82, 2.24) is 0 Å². The highest BCUT2D eigenvalue weighted by Crippen LogP contribution is 2.54. The molecule has 0 aliphatic carbocycles. The fourth-order valence-electron chi connectivity index (χ4n) is 6.08. The molecule has 6 aromatic carbocycles. The fraction of sp³-hybridized carbons (Fsp3) is 0.143. The predicted molar refractivity (Wildman–Crippen MR) is 196 cm³/mol. The van der Waals surface area contributed by atoms with Gasteiger partial charge in [0.15, 0.2) is 0 Å². The lowest BCUT2D eigenvalue weighted by atomic mass is 9.89. The third-order valence-electron chi connectivity index (χ3n) is 8.22. The van der Waals surface area contributed by atoms with Crippen molar-refractivity contribution in [3.05, 3.63) is 169 Å². The molecule has 44 heavy (non-hydrogen) atoms. The molecule has 0 bridgehead atoms. The van der Waals surface area contributed by atoms with E-state index in [0.29, 0.717) is 10.5 Å². The van der Waals surface area contributed by atoms with E-state index in [0.717, 1.165) is 12.8 Å². The maximum absolute atomic E-state index is 2.34. The van der Waals surface area contributed by atoms with Crippen molar-refractivity contribution in [1.29, 1.82) is 0 Å². The van der Waals surface area contributed by atoms with Gasteiger partial charge in [-0.25, -0.2) is 0 Å². The molecule has 0 radical (unpaired) electrons. The van der Waals surface area contributed by atoms with Crippen LogP contribution < -0.4 is 0 Å². The smallest absolute Gasteiger partial charge is 0.0410 e. The molecule has 0 nitrogen and oxygen atoms in total. The Morgan fingerprint density at radius 3 is 0.818 bits per heavy atom. The molecular formula is C42H38S2. The first-order chi connectivity index (χ1) is 21.8. The molecule has 0 amide bonds. The van der Waals surface area contributed by atoms with E-state index in [4.69, 9.17) is 0 Å². The summed E-state index contributed by atoms with van der Waals surface area (Å²) in [6.07, 6.45) is 2.09. The van der Waals surface area contributed by atoms with Crippen LogP contribution in [0.15, 0.2) is 158 Å². The summed E-state index contributed by atoms with van der Waals surface area (Å²) in [5, 5.41) is 0.648. The number of hydrogen-bond donors (Lipinski definition) is 0. The third kappa shape index (κ3) is 6.58. The highest BCUT2D eigenvalue weighted by atomic mass is 33.1. The Bertz CT molecular complexity index is 1510. The summed E-state index contributed by atoms with van der Waals surface area (Å²) in [7, 11) is 4.09. The normalized spacial score (nSPS) is 12.5. The molecule has 0 fully saturated rings. The van der Waals surface area contributed by atoms with Gasteiger partial charge in [0.1, 0.15) is 0 Å². The zero-order valence-electron chi connectivity index (χ0n) is 25.4. The highest BCUT2D eigenvalue weighted by molar-refractivity contribution is 8.76. The monoisotopic (exact) mass is 606 g/mol. The van der Waals surface area contributed by atoms with Crippen molar-refractivity contribution in [2.75, 3.05) is 0 Å². The van der Waals surface area contributed by atoms with E-state index < -0.39 is 0 Å². The summed E-state index contributed by atoms with van der Waals surface area (Å²) >= 11 is 0. The van der Waals surface area contributed by atoms with Crippen LogP contribution in [0.5, 0.6) is 0 Å². The fourth-order valence-corrected chi connectivity index (χ4v) is 9.52. The van der Waals surface area contributed by atoms with Gasteiger partial charge in [0.25, 0.3) is 0 Å². The Kier molecular flexibility index (Phi) is 10.0. The maximum Gasteiger partial charge on any atom is 0.0410 e. The van der Waals surface area contributed by atoms with Crippen molar-refractivity contribution in [2.45, 2.75) is 37.2 Å². The van der Waals surface area contributed by atoms with Crippen LogP contribution in [0, 0.1) is 0 Å². The number of hydrogen-bond acceptors (Lipinski definition) is 2. The summed E-state index contributed by atoms with van der Waals surface area (Å²) in [6.45, 7) is 4.67. The average Bonchev–Trinajstić information content (AvgIpc) is 3.11. The third-order valence-corrected chi connectivity index (χ3v) is 11.7. The molecule has 0 aromatic heterocycles. The zero-order chi connectivity index (χ0) is 30.1.